The number of nitrogens with two attached hydrogens (primary N) is 1. The number of hydrogen-bond acceptors (Lipinski definition) is 2. The zero-order chi connectivity index (χ0) is 12.9. The summed E-state index contributed by atoms with van der Waals surface area (Å²) in [4.78, 5) is 13.8. The maximum absolute atomic E-state index is 11.9. The minimum atomic E-state index is 0.129. The standard InChI is InChI=1S/C13H28N2O/c1-10(9-14)7-8-12(16)15(6)11(2)13(3,4)5/h10-11H,7-9,14H2,1-6H3. The molecular weight excluding hydrogens is 200 g/mol. The summed E-state index contributed by atoms with van der Waals surface area (Å²) < 4.78 is 0. The van der Waals surface area contributed by atoms with Crippen LogP contribution in [0.25, 0.3) is 0 Å². The van der Waals surface area contributed by atoms with Crippen molar-refractivity contribution in [3.05, 3.63) is 0 Å². The third-order valence-electron chi connectivity index (χ3n) is 3.48. The van der Waals surface area contributed by atoms with Gasteiger partial charge >= 0.3 is 0 Å². The molecule has 3 heteroatoms. The first kappa shape index (κ1) is 15.4. The summed E-state index contributed by atoms with van der Waals surface area (Å²) in [6, 6.07) is 0.258. The monoisotopic (exact) mass is 228 g/mol. The third kappa shape index (κ3) is 4.97. The Bertz CT molecular complexity index is 220. The largest absolute Gasteiger partial charge is 0.343 e. The molecule has 0 fully saturated rings. The van der Waals surface area contributed by atoms with E-state index >= 15 is 0 Å². The van der Waals surface area contributed by atoms with Crippen molar-refractivity contribution in [3.63, 3.8) is 0 Å². The molecule has 0 rings (SSSR count). The molecule has 2 unspecified atom stereocenters. The first-order chi connectivity index (χ1) is 7.20. The normalized spacial score (nSPS) is 15.7. The highest BCUT2D eigenvalue weighted by molar-refractivity contribution is 5.76. The highest BCUT2D eigenvalue weighted by Crippen LogP contribution is 2.23. The fourth-order valence-electron chi connectivity index (χ4n) is 1.46. The van der Waals surface area contributed by atoms with E-state index in [4.69, 9.17) is 5.73 Å². The average molecular weight is 228 g/mol. The second-order valence-electron chi connectivity index (χ2n) is 5.93. The molecule has 0 radical (unpaired) electrons. The maximum Gasteiger partial charge on any atom is 0.222 e. The lowest BCUT2D eigenvalue weighted by molar-refractivity contribution is -0.133. The smallest absolute Gasteiger partial charge is 0.222 e. The molecule has 0 aromatic rings. The van der Waals surface area contributed by atoms with E-state index in [1.165, 1.54) is 0 Å². The minimum Gasteiger partial charge on any atom is -0.343 e. The van der Waals surface area contributed by atoms with Crippen LogP contribution in [0.4, 0.5) is 0 Å². The highest BCUT2D eigenvalue weighted by atomic mass is 16.2. The Labute approximate surface area is 100 Å². The van der Waals surface area contributed by atoms with Crippen LogP contribution in [-0.4, -0.2) is 30.4 Å². The predicted octanol–water partition coefficient (Wildman–Crippen LogP) is 2.25. The van der Waals surface area contributed by atoms with Gasteiger partial charge in [-0.2, -0.15) is 0 Å². The number of carbonyl (C=O) groups is 1. The Morgan fingerprint density at radius 1 is 1.31 bits per heavy atom. The van der Waals surface area contributed by atoms with Gasteiger partial charge in [-0.15, -0.1) is 0 Å². The fraction of sp³-hybridized carbons (Fsp3) is 0.923. The number of nitrogens with zero attached hydrogens (tertiary/aromatic N) is 1. The summed E-state index contributed by atoms with van der Waals surface area (Å²) in [6.45, 7) is 11.3. The van der Waals surface area contributed by atoms with Crippen LogP contribution < -0.4 is 5.73 Å². The molecule has 0 bridgehead atoms. The maximum atomic E-state index is 11.9. The average Bonchev–Trinajstić information content (AvgIpc) is 2.21. The number of amides is 1. The number of carbonyl (C=O) groups excluding carboxylic acids is 1. The molecule has 0 saturated carbocycles. The Kier molecular flexibility index (Phi) is 6.01. The third-order valence-corrected chi connectivity index (χ3v) is 3.48. The molecule has 0 aromatic carbocycles. The van der Waals surface area contributed by atoms with E-state index in [0.29, 0.717) is 18.9 Å². The summed E-state index contributed by atoms with van der Waals surface area (Å²) in [7, 11) is 1.89. The predicted molar refractivity (Wildman–Crippen MR) is 69.1 cm³/mol. The van der Waals surface area contributed by atoms with Crippen molar-refractivity contribution in [2.75, 3.05) is 13.6 Å². The molecule has 0 aliphatic heterocycles. The van der Waals surface area contributed by atoms with Gasteiger partial charge in [0.05, 0.1) is 0 Å². The zero-order valence-corrected chi connectivity index (χ0v) is 11.7. The summed E-state index contributed by atoms with van der Waals surface area (Å²) in [5, 5.41) is 0. The molecule has 0 spiro atoms. The van der Waals surface area contributed by atoms with Crippen molar-refractivity contribution in [1.29, 1.82) is 0 Å². The molecule has 2 N–H and O–H groups in total. The van der Waals surface area contributed by atoms with Crippen LogP contribution in [0.5, 0.6) is 0 Å². The van der Waals surface area contributed by atoms with Gasteiger partial charge in [0.2, 0.25) is 5.91 Å². The molecule has 1 amide bonds. The summed E-state index contributed by atoms with van der Waals surface area (Å²) in [5.74, 6) is 0.657. The van der Waals surface area contributed by atoms with Crippen LogP contribution in [0.3, 0.4) is 0 Å². The van der Waals surface area contributed by atoms with E-state index < -0.39 is 0 Å². The Morgan fingerprint density at radius 2 is 1.81 bits per heavy atom. The van der Waals surface area contributed by atoms with Crippen LogP contribution >= 0.6 is 0 Å². The number of rotatable bonds is 5. The fourth-order valence-corrected chi connectivity index (χ4v) is 1.46. The molecular formula is C13H28N2O. The quantitative estimate of drug-likeness (QED) is 0.784. The Balaban J connectivity index is 4.19. The molecule has 0 aliphatic rings. The minimum absolute atomic E-state index is 0.129. The van der Waals surface area contributed by atoms with Crippen LogP contribution in [0.1, 0.15) is 47.5 Å². The van der Waals surface area contributed by atoms with Crippen molar-refractivity contribution >= 4 is 5.91 Å². The van der Waals surface area contributed by atoms with Crippen LogP contribution in [0.2, 0.25) is 0 Å². The topological polar surface area (TPSA) is 46.3 Å². The SMILES string of the molecule is CC(CN)CCC(=O)N(C)C(C)C(C)(C)C. The summed E-state index contributed by atoms with van der Waals surface area (Å²) in [6.07, 6.45) is 1.49. The van der Waals surface area contributed by atoms with E-state index in [1.54, 1.807) is 0 Å². The lowest BCUT2D eigenvalue weighted by Crippen LogP contribution is -2.43. The summed E-state index contributed by atoms with van der Waals surface area (Å²) >= 11 is 0. The van der Waals surface area contributed by atoms with E-state index in [-0.39, 0.29) is 17.4 Å². The van der Waals surface area contributed by atoms with E-state index in [1.807, 2.05) is 11.9 Å². The molecule has 2 atom stereocenters. The molecule has 0 aromatic heterocycles. The molecule has 3 nitrogen and oxygen atoms in total. The first-order valence-electron chi connectivity index (χ1n) is 6.15. The Morgan fingerprint density at radius 3 is 2.19 bits per heavy atom. The van der Waals surface area contributed by atoms with Crippen molar-refractivity contribution in [1.82, 2.24) is 4.90 Å². The Hall–Kier alpha value is -0.570. The second kappa shape index (κ2) is 6.24. The zero-order valence-electron chi connectivity index (χ0n) is 11.7. The van der Waals surface area contributed by atoms with Crippen molar-refractivity contribution in [2.45, 2.75) is 53.5 Å². The van der Waals surface area contributed by atoms with E-state index in [9.17, 15) is 4.79 Å². The lowest BCUT2D eigenvalue weighted by Gasteiger charge is -2.35. The van der Waals surface area contributed by atoms with Gasteiger partial charge < -0.3 is 10.6 Å². The van der Waals surface area contributed by atoms with Gasteiger partial charge in [-0.25, -0.2) is 0 Å². The molecule has 16 heavy (non-hydrogen) atoms. The summed E-state index contributed by atoms with van der Waals surface area (Å²) in [5.41, 5.74) is 5.67. The van der Waals surface area contributed by atoms with Crippen LogP contribution in [-0.2, 0) is 4.79 Å². The van der Waals surface area contributed by atoms with Crippen LogP contribution in [0, 0.1) is 11.3 Å². The van der Waals surface area contributed by atoms with Gasteiger partial charge in [-0.05, 0) is 31.2 Å². The lowest BCUT2D eigenvalue weighted by atomic mass is 9.87. The first-order valence-corrected chi connectivity index (χ1v) is 6.15. The molecule has 96 valence electrons. The van der Waals surface area contributed by atoms with Gasteiger partial charge in [0.25, 0.3) is 0 Å². The number of hydrogen-bond donors (Lipinski definition) is 1. The van der Waals surface area contributed by atoms with Crippen molar-refractivity contribution in [3.8, 4) is 0 Å². The van der Waals surface area contributed by atoms with Gasteiger partial charge in [0.1, 0.15) is 0 Å². The van der Waals surface area contributed by atoms with Crippen molar-refractivity contribution in [2.24, 2.45) is 17.1 Å². The van der Waals surface area contributed by atoms with Gasteiger partial charge in [-0.1, -0.05) is 27.7 Å². The van der Waals surface area contributed by atoms with E-state index in [0.717, 1.165) is 6.42 Å². The van der Waals surface area contributed by atoms with Gasteiger partial charge in [0.15, 0.2) is 0 Å². The van der Waals surface area contributed by atoms with Crippen LogP contribution in [0.15, 0.2) is 0 Å². The highest BCUT2D eigenvalue weighted by Gasteiger charge is 2.26. The second-order valence-corrected chi connectivity index (χ2v) is 5.93. The van der Waals surface area contributed by atoms with E-state index in [2.05, 4.69) is 34.6 Å². The molecule has 0 aliphatic carbocycles. The molecule has 0 heterocycles. The van der Waals surface area contributed by atoms with Crippen molar-refractivity contribution < 1.29 is 4.79 Å². The van der Waals surface area contributed by atoms with Gasteiger partial charge in [0, 0.05) is 19.5 Å². The van der Waals surface area contributed by atoms with Gasteiger partial charge in [-0.3, -0.25) is 4.79 Å². The molecule has 0 saturated heterocycles.